The van der Waals surface area contributed by atoms with Crippen LogP contribution >= 0.6 is 12.4 Å². The molecule has 6 aromatic rings. The van der Waals surface area contributed by atoms with Gasteiger partial charge in [0.15, 0.2) is 34.2 Å². The molecule has 0 saturated carbocycles. The van der Waals surface area contributed by atoms with Gasteiger partial charge in [-0.1, -0.05) is 24.3 Å². The number of carbonyl (C=O) groups excluding carboxylic acids is 1. The van der Waals surface area contributed by atoms with E-state index in [4.69, 9.17) is 23.4 Å². The first kappa shape index (κ1) is 35.9. The number of para-hydroxylation sites is 1. The molecule has 0 fully saturated rings. The smallest absolute Gasteiger partial charge is 0.291 e. The third-order valence-electron chi connectivity index (χ3n) is 8.97. The van der Waals surface area contributed by atoms with E-state index >= 15 is 0 Å². The van der Waals surface area contributed by atoms with Gasteiger partial charge in [-0.15, -0.1) is 27.4 Å². The monoisotopic (exact) mass is 724 g/mol. The van der Waals surface area contributed by atoms with Gasteiger partial charge in [0.05, 0.1) is 50.8 Å². The van der Waals surface area contributed by atoms with Crippen LogP contribution < -0.4 is 29.7 Å². The van der Waals surface area contributed by atoms with Gasteiger partial charge >= 0.3 is 0 Å². The van der Waals surface area contributed by atoms with Crippen LogP contribution in [-0.4, -0.2) is 72.5 Å². The average molecular weight is 725 g/mol. The highest BCUT2D eigenvalue weighted by Gasteiger charge is 2.22. The van der Waals surface area contributed by atoms with Crippen molar-refractivity contribution < 1.29 is 28.2 Å². The van der Waals surface area contributed by atoms with Crippen molar-refractivity contribution >= 4 is 35.0 Å². The molecular formula is C38H37ClN6O7. The lowest BCUT2D eigenvalue weighted by molar-refractivity contribution is 0.0997. The van der Waals surface area contributed by atoms with E-state index in [1.54, 1.807) is 50.6 Å². The Morgan fingerprint density at radius 1 is 0.846 bits per heavy atom. The van der Waals surface area contributed by atoms with Crippen molar-refractivity contribution in [1.29, 1.82) is 0 Å². The van der Waals surface area contributed by atoms with Gasteiger partial charge in [0.1, 0.15) is 5.58 Å². The molecule has 13 nitrogen and oxygen atoms in total. The Kier molecular flexibility index (Phi) is 10.7. The van der Waals surface area contributed by atoms with E-state index in [0.717, 1.165) is 55.7 Å². The number of nitrogens with one attached hydrogen (secondary N) is 1. The van der Waals surface area contributed by atoms with Crippen LogP contribution in [0, 0.1) is 0 Å². The first-order chi connectivity index (χ1) is 24.9. The highest BCUT2D eigenvalue weighted by molar-refractivity contribution is 6.05. The molecule has 268 valence electrons. The molecule has 0 bridgehead atoms. The van der Waals surface area contributed by atoms with E-state index in [-0.39, 0.29) is 29.4 Å². The van der Waals surface area contributed by atoms with Gasteiger partial charge in [0.2, 0.25) is 5.82 Å². The number of anilines is 1. The number of methoxy groups -OCH3 is 4. The third kappa shape index (κ3) is 7.27. The van der Waals surface area contributed by atoms with Gasteiger partial charge in [0.25, 0.3) is 5.91 Å². The largest absolute Gasteiger partial charge is 0.493 e. The van der Waals surface area contributed by atoms with Crippen LogP contribution in [0.15, 0.2) is 88.1 Å². The molecule has 7 rings (SSSR count). The Morgan fingerprint density at radius 3 is 2.25 bits per heavy atom. The summed E-state index contributed by atoms with van der Waals surface area (Å²) in [5, 5.41) is 16.4. The number of hydrogen-bond acceptors (Lipinski definition) is 11. The number of carbonyl (C=O) groups is 1. The normalized spacial score (nSPS) is 12.5. The lowest BCUT2D eigenvalue weighted by Crippen LogP contribution is -2.32. The summed E-state index contributed by atoms with van der Waals surface area (Å²) in [6.45, 7) is 2.74. The number of halogens is 1. The maximum atomic E-state index is 13.4. The SMILES string of the molecule is COc1cc2c(cc1OC)CN(CCc1ccc(-n3nnc(-c4cc(OC)c(OC)cc4NC(=O)c4cc(=O)c5ccccc5o4)n3)cc1)CC2.Cl. The zero-order valence-electron chi connectivity index (χ0n) is 29.0. The number of aromatic nitrogens is 4. The van der Waals surface area contributed by atoms with Gasteiger partial charge in [-0.25, -0.2) is 0 Å². The van der Waals surface area contributed by atoms with Crippen LogP contribution in [-0.2, 0) is 19.4 Å². The van der Waals surface area contributed by atoms with Crippen molar-refractivity contribution in [3.8, 4) is 40.1 Å². The first-order valence-corrected chi connectivity index (χ1v) is 16.3. The molecule has 2 aromatic heterocycles. The number of amides is 1. The molecule has 1 amide bonds. The summed E-state index contributed by atoms with van der Waals surface area (Å²) >= 11 is 0. The van der Waals surface area contributed by atoms with Gasteiger partial charge in [-0.05, 0) is 77.2 Å². The van der Waals surface area contributed by atoms with Crippen molar-refractivity contribution in [2.45, 2.75) is 19.4 Å². The molecule has 1 aliphatic heterocycles. The minimum Gasteiger partial charge on any atom is -0.493 e. The number of nitrogens with zero attached hydrogens (tertiary/aromatic N) is 5. The first-order valence-electron chi connectivity index (χ1n) is 16.3. The molecule has 1 aliphatic rings. The van der Waals surface area contributed by atoms with Crippen molar-refractivity contribution in [3.05, 3.63) is 112 Å². The van der Waals surface area contributed by atoms with E-state index in [1.807, 2.05) is 12.1 Å². The topological polar surface area (TPSA) is 143 Å². The standard InChI is InChI=1S/C38H36N6O7.ClH/c1-47-32-17-24-14-16-43(22-25(24)18-33(32)48-2)15-13-23-9-11-26(12-10-23)44-41-37(40-42-44)28-19-34(49-3)35(50-4)20-29(28)39-38(46)36-21-30(45)27-7-5-6-8-31(27)51-36;/h5-12,17-21H,13-16,22H2,1-4H3,(H,39,46);1H. The number of tetrazole rings is 1. The van der Waals surface area contributed by atoms with E-state index in [1.165, 1.54) is 35.7 Å². The molecule has 0 unspecified atom stereocenters. The zero-order valence-corrected chi connectivity index (χ0v) is 29.9. The summed E-state index contributed by atoms with van der Waals surface area (Å²) < 4.78 is 27.7. The summed E-state index contributed by atoms with van der Waals surface area (Å²) in [5.41, 5.74) is 5.17. The lowest BCUT2D eigenvalue weighted by Gasteiger charge is -2.29. The van der Waals surface area contributed by atoms with Gasteiger partial charge < -0.3 is 28.7 Å². The molecule has 4 aromatic carbocycles. The Hall–Kier alpha value is -5.92. The van der Waals surface area contributed by atoms with Crippen LogP contribution in [0.25, 0.3) is 28.0 Å². The average Bonchev–Trinajstić information content (AvgIpc) is 3.66. The highest BCUT2D eigenvalue weighted by atomic mass is 35.5. The van der Waals surface area contributed by atoms with Crippen molar-refractivity contribution in [1.82, 2.24) is 25.1 Å². The molecule has 14 heteroatoms. The second-order valence-corrected chi connectivity index (χ2v) is 12.0. The van der Waals surface area contributed by atoms with E-state index in [2.05, 4.69) is 49.9 Å². The van der Waals surface area contributed by atoms with Crippen LogP contribution in [0.1, 0.15) is 27.2 Å². The predicted molar refractivity (Wildman–Crippen MR) is 198 cm³/mol. The molecule has 1 N–H and O–H groups in total. The van der Waals surface area contributed by atoms with Gasteiger partial charge in [-0.3, -0.25) is 14.5 Å². The van der Waals surface area contributed by atoms with Crippen LogP contribution in [0.4, 0.5) is 5.69 Å². The summed E-state index contributed by atoms with van der Waals surface area (Å²) in [6, 6.07) is 23.3. The van der Waals surface area contributed by atoms with Crippen molar-refractivity contribution in [2.75, 3.05) is 46.8 Å². The summed E-state index contributed by atoms with van der Waals surface area (Å²) in [7, 11) is 6.32. The van der Waals surface area contributed by atoms with Crippen LogP contribution in [0.5, 0.6) is 23.0 Å². The second-order valence-electron chi connectivity index (χ2n) is 12.0. The molecule has 52 heavy (non-hydrogen) atoms. The quantitative estimate of drug-likeness (QED) is 0.175. The number of benzene rings is 4. The maximum absolute atomic E-state index is 13.4. The highest BCUT2D eigenvalue weighted by Crippen LogP contribution is 2.38. The Morgan fingerprint density at radius 2 is 1.52 bits per heavy atom. The van der Waals surface area contributed by atoms with E-state index < -0.39 is 5.91 Å². The second kappa shape index (κ2) is 15.5. The number of hydrogen-bond donors (Lipinski definition) is 1. The van der Waals surface area contributed by atoms with E-state index in [9.17, 15) is 9.59 Å². The lowest BCUT2D eigenvalue weighted by atomic mass is 9.98. The number of fused-ring (bicyclic) bond motifs is 2. The Balaban J connectivity index is 0.00000464. The van der Waals surface area contributed by atoms with Gasteiger partial charge in [-0.2, -0.15) is 0 Å². The molecular weight excluding hydrogens is 688 g/mol. The van der Waals surface area contributed by atoms with Crippen molar-refractivity contribution in [2.24, 2.45) is 0 Å². The fraction of sp³-hybridized carbons (Fsp3) is 0.237. The molecule has 0 aliphatic carbocycles. The summed E-state index contributed by atoms with van der Waals surface area (Å²) in [4.78, 5) is 29.9. The van der Waals surface area contributed by atoms with E-state index in [0.29, 0.717) is 33.7 Å². The molecule has 0 saturated heterocycles. The van der Waals surface area contributed by atoms with Crippen molar-refractivity contribution in [3.63, 3.8) is 0 Å². The summed E-state index contributed by atoms with van der Waals surface area (Å²) in [5.74, 6) is 1.73. The van der Waals surface area contributed by atoms with Crippen LogP contribution in [0.2, 0.25) is 0 Å². The molecule has 3 heterocycles. The predicted octanol–water partition coefficient (Wildman–Crippen LogP) is 5.75. The number of ether oxygens (including phenoxy) is 4. The minimum atomic E-state index is -0.636. The van der Waals surface area contributed by atoms with Gasteiger partial charge in [0, 0.05) is 31.8 Å². The third-order valence-corrected chi connectivity index (χ3v) is 8.97. The summed E-state index contributed by atoms with van der Waals surface area (Å²) in [6.07, 6.45) is 1.84. The minimum absolute atomic E-state index is 0. The molecule has 0 atom stereocenters. The molecule has 0 radical (unpaired) electrons. The van der Waals surface area contributed by atoms with Crippen LogP contribution in [0.3, 0.4) is 0 Å². The maximum Gasteiger partial charge on any atom is 0.291 e. The fourth-order valence-electron chi connectivity index (χ4n) is 6.21. The Labute approximate surface area is 305 Å². The number of rotatable bonds is 11. The fourth-order valence-corrected chi connectivity index (χ4v) is 6.21. The zero-order chi connectivity index (χ0) is 35.5. The Bertz CT molecular complexity index is 2290. The molecule has 0 spiro atoms.